The second-order valence-electron chi connectivity index (χ2n) is 4.46. The number of nitrogens with two attached hydrogens (primary N) is 1. The number of pyridine rings is 2. The lowest BCUT2D eigenvalue weighted by atomic mass is 10.0. The van der Waals surface area contributed by atoms with E-state index < -0.39 is 0 Å². The molecule has 1 unspecified atom stereocenters. The third kappa shape index (κ3) is 2.56. The van der Waals surface area contributed by atoms with E-state index in [4.69, 9.17) is 5.84 Å². The second-order valence-corrected chi connectivity index (χ2v) is 5.38. The lowest BCUT2D eigenvalue weighted by Crippen LogP contribution is -2.29. The predicted molar refractivity (Wildman–Crippen MR) is 82.8 cm³/mol. The first-order valence-corrected chi connectivity index (χ1v) is 6.99. The molecule has 2 aromatic heterocycles. The molecule has 20 heavy (non-hydrogen) atoms. The fourth-order valence-corrected chi connectivity index (χ4v) is 2.39. The number of hydrazine groups is 1. The summed E-state index contributed by atoms with van der Waals surface area (Å²) in [7, 11) is 0. The van der Waals surface area contributed by atoms with Crippen LogP contribution in [-0.4, -0.2) is 9.97 Å². The van der Waals surface area contributed by atoms with Gasteiger partial charge in [0.2, 0.25) is 0 Å². The highest BCUT2D eigenvalue weighted by Crippen LogP contribution is 2.23. The van der Waals surface area contributed by atoms with E-state index in [0.29, 0.717) is 0 Å². The van der Waals surface area contributed by atoms with Gasteiger partial charge in [-0.15, -0.1) is 0 Å². The van der Waals surface area contributed by atoms with Crippen LogP contribution < -0.4 is 11.3 Å². The normalized spacial score (nSPS) is 12.5. The van der Waals surface area contributed by atoms with Crippen molar-refractivity contribution in [3.05, 3.63) is 70.6 Å². The molecule has 2 heterocycles. The van der Waals surface area contributed by atoms with E-state index >= 15 is 0 Å². The number of hydrogen-bond donors (Lipinski definition) is 2. The lowest BCUT2D eigenvalue weighted by Gasteiger charge is -2.16. The van der Waals surface area contributed by atoms with Crippen molar-refractivity contribution in [3.8, 4) is 0 Å². The largest absolute Gasteiger partial charge is 0.271 e. The van der Waals surface area contributed by atoms with E-state index in [-0.39, 0.29) is 6.04 Å². The van der Waals surface area contributed by atoms with Crippen molar-refractivity contribution in [1.29, 1.82) is 0 Å². The zero-order chi connectivity index (χ0) is 13.9. The number of hydrogen-bond acceptors (Lipinski definition) is 4. The number of fused-ring (bicyclic) bond motifs is 1. The number of para-hydroxylation sites is 1. The molecule has 0 radical (unpaired) electrons. The maximum absolute atomic E-state index is 5.69. The Morgan fingerprint density at radius 2 is 1.90 bits per heavy atom. The van der Waals surface area contributed by atoms with Crippen molar-refractivity contribution in [2.75, 3.05) is 0 Å². The zero-order valence-electron chi connectivity index (χ0n) is 10.6. The highest BCUT2D eigenvalue weighted by molar-refractivity contribution is 9.10. The van der Waals surface area contributed by atoms with Crippen LogP contribution in [0.2, 0.25) is 0 Å². The Kier molecular flexibility index (Phi) is 3.73. The van der Waals surface area contributed by atoms with Crippen molar-refractivity contribution >= 4 is 26.8 Å². The van der Waals surface area contributed by atoms with Crippen LogP contribution >= 0.6 is 15.9 Å². The average Bonchev–Trinajstić information content (AvgIpc) is 2.50. The van der Waals surface area contributed by atoms with Crippen molar-refractivity contribution in [3.63, 3.8) is 0 Å². The summed E-state index contributed by atoms with van der Waals surface area (Å²) in [5, 5.41) is 1.09. The van der Waals surface area contributed by atoms with Gasteiger partial charge in [-0.05, 0) is 45.8 Å². The Balaban J connectivity index is 2.04. The van der Waals surface area contributed by atoms with E-state index in [1.807, 2.05) is 42.6 Å². The molecule has 5 heteroatoms. The summed E-state index contributed by atoms with van der Waals surface area (Å²) < 4.78 is 0.939. The molecule has 3 aromatic rings. The molecule has 0 aliphatic carbocycles. The number of nitrogens with one attached hydrogen (secondary N) is 1. The Bertz CT molecular complexity index is 727. The van der Waals surface area contributed by atoms with Crippen LogP contribution in [0.4, 0.5) is 0 Å². The summed E-state index contributed by atoms with van der Waals surface area (Å²) in [5.41, 5.74) is 5.61. The molecule has 0 aliphatic heterocycles. The molecule has 0 saturated heterocycles. The highest BCUT2D eigenvalue weighted by atomic mass is 79.9. The smallest absolute Gasteiger partial charge is 0.0896 e. The van der Waals surface area contributed by atoms with Gasteiger partial charge in [-0.1, -0.05) is 18.2 Å². The molecule has 0 spiro atoms. The molecule has 0 amide bonds. The van der Waals surface area contributed by atoms with E-state index in [1.54, 1.807) is 6.20 Å². The summed E-state index contributed by atoms with van der Waals surface area (Å²) in [6.07, 6.45) is 3.59. The SMILES string of the molecule is NNC(c1cnc2ccccc2c1)c1ccc(Br)cn1. The number of halogens is 1. The minimum atomic E-state index is -0.180. The summed E-state index contributed by atoms with van der Waals surface area (Å²) >= 11 is 3.38. The molecule has 4 nitrogen and oxygen atoms in total. The number of rotatable bonds is 3. The van der Waals surface area contributed by atoms with Crippen LogP contribution in [0.5, 0.6) is 0 Å². The van der Waals surface area contributed by atoms with Crippen LogP contribution in [0.15, 0.2) is 59.3 Å². The lowest BCUT2D eigenvalue weighted by molar-refractivity contribution is 0.619. The number of aromatic nitrogens is 2. The molecule has 0 fully saturated rings. The predicted octanol–water partition coefficient (Wildman–Crippen LogP) is 2.95. The van der Waals surface area contributed by atoms with Gasteiger partial charge in [0.1, 0.15) is 0 Å². The van der Waals surface area contributed by atoms with Gasteiger partial charge < -0.3 is 0 Å². The van der Waals surface area contributed by atoms with Crippen LogP contribution in [0.25, 0.3) is 10.9 Å². The van der Waals surface area contributed by atoms with E-state index in [0.717, 1.165) is 26.6 Å². The average molecular weight is 329 g/mol. The monoisotopic (exact) mass is 328 g/mol. The third-order valence-corrected chi connectivity index (χ3v) is 3.63. The highest BCUT2D eigenvalue weighted by Gasteiger charge is 2.14. The van der Waals surface area contributed by atoms with Crippen LogP contribution in [0.3, 0.4) is 0 Å². The van der Waals surface area contributed by atoms with Gasteiger partial charge in [-0.2, -0.15) is 0 Å². The molecule has 0 bridgehead atoms. The van der Waals surface area contributed by atoms with Gasteiger partial charge in [-0.25, -0.2) is 5.43 Å². The molecule has 0 saturated carbocycles. The van der Waals surface area contributed by atoms with Crippen molar-refractivity contribution in [2.45, 2.75) is 6.04 Å². The van der Waals surface area contributed by atoms with Crippen molar-refractivity contribution in [2.24, 2.45) is 5.84 Å². The van der Waals surface area contributed by atoms with Crippen molar-refractivity contribution < 1.29 is 0 Å². The first-order chi connectivity index (χ1) is 9.78. The number of nitrogens with zero attached hydrogens (tertiary/aromatic N) is 2. The Morgan fingerprint density at radius 1 is 1.05 bits per heavy atom. The standard InChI is InChI=1S/C15H13BrN4/c16-12-5-6-14(19-9-12)15(20-17)11-7-10-3-1-2-4-13(10)18-8-11/h1-9,15,20H,17H2. The van der Waals surface area contributed by atoms with Gasteiger partial charge in [0.25, 0.3) is 0 Å². The minimum absolute atomic E-state index is 0.180. The Labute approximate surface area is 125 Å². The van der Waals surface area contributed by atoms with E-state index in [2.05, 4.69) is 37.4 Å². The van der Waals surface area contributed by atoms with Crippen molar-refractivity contribution in [1.82, 2.24) is 15.4 Å². The van der Waals surface area contributed by atoms with E-state index in [9.17, 15) is 0 Å². The van der Waals surface area contributed by atoms with Gasteiger partial charge >= 0.3 is 0 Å². The van der Waals surface area contributed by atoms with Crippen LogP contribution in [-0.2, 0) is 0 Å². The second kappa shape index (κ2) is 5.66. The fraction of sp³-hybridized carbons (Fsp3) is 0.0667. The summed E-state index contributed by atoms with van der Waals surface area (Å²) in [6, 6.07) is 13.8. The van der Waals surface area contributed by atoms with E-state index in [1.165, 1.54) is 0 Å². The first kappa shape index (κ1) is 13.2. The molecule has 3 N–H and O–H groups in total. The van der Waals surface area contributed by atoms with Crippen LogP contribution in [0, 0.1) is 0 Å². The minimum Gasteiger partial charge on any atom is -0.271 e. The van der Waals surface area contributed by atoms with Crippen LogP contribution in [0.1, 0.15) is 17.3 Å². The Hall–Kier alpha value is -1.82. The number of benzene rings is 1. The molecule has 3 rings (SSSR count). The quantitative estimate of drug-likeness (QED) is 0.573. The van der Waals surface area contributed by atoms with Gasteiger partial charge in [0.05, 0.1) is 17.3 Å². The maximum atomic E-state index is 5.69. The topological polar surface area (TPSA) is 63.8 Å². The molecule has 100 valence electrons. The fourth-order valence-electron chi connectivity index (χ4n) is 2.16. The van der Waals surface area contributed by atoms with Gasteiger partial charge in [-0.3, -0.25) is 15.8 Å². The molecular weight excluding hydrogens is 316 g/mol. The summed E-state index contributed by atoms with van der Waals surface area (Å²) in [5.74, 6) is 5.69. The van der Waals surface area contributed by atoms with Gasteiger partial charge in [0, 0.05) is 22.3 Å². The van der Waals surface area contributed by atoms with Gasteiger partial charge in [0.15, 0.2) is 0 Å². The Morgan fingerprint density at radius 3 is 2.65 bits per heavy atom. The maximum Gasteiger partial charge on any atom is 0.0896 e. The molecule has 1 aromatic carbocycles. The summed E-state index contributed by atoms with van der Waals surface area (Å²) in [4.78, 5) is 8.85. The first-order valence-electron chi connectivity index (χ1n) is 6.20. The molecule has 1 atom stereocenters. The molecule has 0 aliphatic rings. The zero-order valence-corrected chi connectivity index (χ0v) is 12.2. The third-order valence-electron chi connectivity index (χ3n) is 3.16. The summed E-state index contributed by atoms with van der Waals surface area (Å²) in [6.45, 7) is 0. The molecular formula is C15H13BrN4.